The number of esters is 1. The first kappa shape index (κ1) is 18.0. The fraction of sp³-hybridized carbons (Fsp3) is 0.667. The van der Waals surface area contributed by atoms with Gasteiger partial charge in [0.2, 0.25) is 5.09 Å². The molecule has 0 aromatic carbocycles. The Morgan fingerprint density at radius 3 is 2.61 bits per heavy atom. The summed E-state index contributed by atoms with van der Waals surface area (Å²) >= 11 is 0. The van der Waals surface area contributed by atoms with Crippen LogP contribution in [0.4, 0.5) is 0 Å². The Kier molecular flexibility index (Phi) is 5.49. The maximum atomic E-state index is 12.4. The van der Waals surface area contributed by atoms with E-state index in [1.54, 1.807) is 26.8 Å². The molecule has 1 saturated heterocycles. The standard InChI is InChI=1S/C15H24N2O5S/c1-4-21-14(18)15(2,3)16-11-12-7-8-13(22-12)23(19,20)17-9-5-6-10-17/h7-8,16H,4-6,9-11H2,1-3H3. The van der Waals surface area contributed by atoms with Crippen LogP contribution in [-0.2, 0) is 26.1 Å². The Bertz CT molecular complexity index is 645. The van der Waals surface area contributed by atoms with E-state index in [9.17, 15) is 13.2 Å². The molecule has 0 atom stereocenters. The van der Waals surface area contributed by atoms with Gasteiger partial charge in [0, 0.05) is 13.1 Å². The third-order valence-electron chi connectivity index (χ3n) is 3.79. The molecule has 0 saturated carbocycles. The second kappa shape index (κ2) is 7.02. The predicted octanol–water partition coefficient (Wildman–Crippen LogP) is 1.50. The first-order chi connectivity index (χ1) is 10.8. The number of hydrogen-bond acceptors (Lipinski definition) is 6. The molecule has 130 valence electrons. The van der Waals surface area contributed by atoms with Gasteiger partial charge in [-0.1, -0.05) is 0 Å². The van der Waals surface area contributed by atoms with Crippen LogP contribution in [0.3, 0.4) is 0 Å². The van der Waals surface area contributed by atoms with Gasteiger partial charge in [0.15, 0.2) is 0 Å². The molecule has 2 heterocycles. The van der Waals surface area contributed by atoms with Gasteiger partial charge in [-0.25, -0.2) is 8.42 Å². The monoisotopic (exact) mass is 344 g/mol. The van der Waals surface area contributed by atoms with Gasteiger partial charge in [-0.05, 0) is 45.7 Å². The van der Waals surface area contributed by atoms with Crippen molar-refractivity contribution in [2.45, 2.75) is 50.8 Å². The maximum Gasteiger partial charge on any atom is 0.325 e. The van der Waals surface area contributed by atoms with E-state index in [4.69, 9.17) is 9.15 Å². The van der Waals surface area contributed by atoms with Crippen LogP contribution < -0.4 is 5.32 Å². The van der Waals surface area contributed by atoms with Gasteiger partial charge in [0.25, 0.3) is 10.0 Å². The molecule has 1 N–H and O–H groups in total. The number of hydrogen-bond donors (Lipinski definition) is 1. The predicted molar refractivity (Wildman–Crippen MR) is 84.3 cm³/mol. The zero-order valence-corrected chi connectivity index (χ0v) is 14.6. The molecule has 0 radical (unpaired) electrons. The highest BCUT2D eigenvalue weighted by atomic mass is 32.2. The van der Waals surface area contributed by atoms with Crippen molar-refractivity contribution in [2.24, 2.45) is 0 Å². The van der Waals surface area contributed by atoms with Crippen LogP contribution in [0, 0.1) is 0 Å². The Labute approximate surface area is 137 Å². The number of nitrogens with zero attached hydrogens (tertiary/aromatic N) is 1. The first-order valence-electron chi connectivity index (χ1n) is 7.78. The molecule has 0 spiro atoms. The largest absolute Gasteiger partial charge is 0.465 e. The third kappa shape index (κ3) is 4.13. The number of sulfonamides is 1. The minimum atomic E-state index is -3.55. The molecule has 0 amide bonds. The molecule has 0 aliphatic carbocycles. The highest BCUT2D eigenvalue weighted by molar-refractivity contribution is 7.89. The van der Waals surface area contributed by atoms with E-state index in [2.05, 4.69) is 5.32 Å². The fourth-order valence-corrected chi connectivity index (χ4v) is 3.79. The minimum Gasteiger partial charge on any atom is -0.465 e. The molecule has 8 heteroatoms. The zero-order valence-electron chi connectivity index (χ0n) is 13.8. The SMILES string of the molecule is CCOC(=O)C(C)(C)NCc1ccc(S(=O)(=O)N2CCCC2)o1. The third-order valence-corrected chi connectivity index (χ3v) is 5.56. The summed E-state index contributed by atoms with van der Waals surface area (Å²) in [6.45, 7) is 6.77. The van der Waals surface area contributed by atoms with Crippen molar-refractivity contribution < 1.29 is 22.4 Å². The number of ether oxygens (including phenoxy) is 1. The number of carbonyl (C=O) groups excluding carboxylic acids is 1. The smallest absolute Gasteiger partial charge is 0.325 e. The average molecular weight is 344 g/mol. The van der Waals surface area contributed by atoms with Crippen molar-refractivity contribution >= 4 is 16.0 Å². The lowest BCUT2D eigenvalue weighted by atomic mass is 10.1. The van der Waals surface area contributed by atoms with Gasteiger partial charge in [-0.15, -0.1) is 0 Å². The summed E-state index contributed by atoms with van der Waals surface area (Å²) in [5.41, 5.74) is -0.878. The summed E-state index contributed by atoms with van der Waals surface area (Å²) in [5, 5.41) is 2.97. The topological polar surface area (TPSA) is 88.8 Å². The lowest BCUT2D eigenvalue weighted by Crippen LogP contribution is -2.47. The fourth-order valence-electron chi connectivity index (χ4n) is 2.34. The molecule has 7 nitrogen and oxygen atoms in total. The van der Waals surface area contributed by atoms with E-state index < -0.39 is 15.6 Å². The minimum absolute atomic E-state index is 0.0508. The molecule has 0 unspecified atom stereocenters. The summed E-state index contributed by atoms with van der Waals surface area (Å²) in [5.74, 6) is 0.0941. The van der Waals surface area contributed by atoms with E-state index in [0.717, 1.165) is 12.8 Å². The number of rotatable bonds is 7. The molecular weight excluding hydrogens is 320 g/mol. The van der Waals surface area contributed by atoms with Crippen LogP contribution in [-0.4, -0.2) is 43.9 Å². The van der Waals surface area contributed by atoms with E-state index in [-0.39, 0.29) is 17.6 Å². The molecule has 2 rings (SSSR count). The van der Waals surface area contributed by atoms with Gasteiger partial charge in [-0.2, -0.15) is 4.31 Å². The quantitative estimate of drug-likeness (QED) is 0.754. The van der Waals surface area contributed by atoms with E-state index in [1.165, 1.54) is 10.4 Å². The van der Waals surface area contributed by atoms with Crippen LogP contribution >= 0.6 is 0 Å². The normalized spacial score (nSPS) is 16.7. The van der Waals surface area contributed by atoms with Crippen molar-refractivity contribution in [3.8, 4) is 0 Å². The highest BCUT2D eigenvalue weighted by Crippen LogP contribution is 2.23. The molecule has 1 aliphatic heterocycles. The van der Waals surface area contributed by atoms with Gasteiger partial charge in [0.05, 0.1) is 13.2 Å². The van der Waals surface area contributed by atoms with Gasteiger partial charge < -0.3 is 9.15 Å². The van der Waals surface area contributed by atoms with Crippen molar-refractivity contribution in [1.82, 2.24) is 9.62 Å². The number of nitrogens with one attached hydrogen (secondary N) is 1. The van der Waals surface area contributed by atoms with Crippen molar-refractivity contribution in [2.75, 3.05) is 19.7 Å². The van der Waals surface area contributed by atoms with E-state index >= 15 is 0 Å². The van der Waals surface area contributed by atoms with Gasteiger partial charge in [-0.3, -0.25) is 10.1 Å². The molecule has 23 heavy (non-hydrogen) atoms. The Morgan fingerprint density at radius 2 is 2.00 bits per heavy atom. The van der Waals surface area contributed by atoms with Crippen LogP contribution in [0.15, 0.2) is 21.6 Å². The second-order valence-corrected chi connectivity index (χ2v) is 7.90. The number of carbonyl (C=O) groups is 1. The molecule has 1 aliphatic rings. The van der Waals surface area contributed by atoms with Crippen LogP contribution in [0.2, 0.25) is 0 Å². The van der Waals surface area contributed by atoms with Gasteiger partial charge in [0.1, 0.15) is 11.3 Å². The van der Waals surface area contributed by atoms with Crippen molar-refractivity contribution in [3.63, 3.8) is 0 Å². The Hall–Kier alpha value is -1.38. The summed E-state index contributed by atoms with van der Waals surface area (Å²) in [6.07, 6.45) is 1.75. The van der Waals surface area contributed by atoms with Crippen LogP contribution in [0.5, 0.6) is 0 Å². The maximum absolute atomic E-state index is 12.4. The van der Waals surface area contributed by atoms with E-state index in [1.807, 2.05) is 0 Å². The highest BCUT2D eigenvalue weighted by Gasteiger charge is 2.31. The lowest BCUT2D eigenvalue weighted by Gasteiger charge is -2.23. The van der Waals surface area contributed by atoms with Crippen molar-refractivity contribution in [3.05, 3.63) is 17.9 Å². The lowest BCUT2D eigenvalue weighted by molar-refractivity contribution is -0.149. The summed E-state index contributed by atoms with van der Waals surface area (Å²) in [6, 6.07) is 3.07. The molecular formula is C15H24N2O5S. The van der Waals surface area contributed by atoms with Gasteiger partial charge >= 0.3 is 5.97 Å². The molecule has 1 aromatic heterocycles. The molecule has 1 aromatic rings. The molecule has 1 fully saturated rings. The summed E-state index contributed by atoms with van der Waals surface area (Å²) in [4.78, 5) is 11.8. The Balaban J connectivity index is 2.01. The summed E-state index contributed by atoms with van der Waals surface area (Å²) < 4.78 is 36.6. The Morgan fingerprint density at radius 1 is 1.35 bits per heavy atom. The average Bonchev–Trinajstić information content (AvgIpc) is 3.17. The second-order valence-electron chi connectivity index (χ2n) is 6.03. The van der Waals surface area contributed by atoms with Crippen LogP contribution in [0.1, 0.15) is 39.4 Å². The summed E-state index contributed by atoms with van der Waals surface area (Å²) in [7, 11) is -3.55. The van der Waals surface area contributed by atoms with E-state index in [0.29, 0.717) is 25.5 Å². The van der Waals surface area contributed by atoms with Crippen LogP contribution in [0.25, 0.3) is 0 Å². The zero-order chi connectivity index (χ0) is 17.1. The first-order valence-corrected chi connectivity index (χ1v) is 9.22. The number of furan rings is 1. The van der Waals surface area contributed by atoms with Crippen molar-refractivity contribution in [1.29, 1.82) is 0 Å². The molecule has 0 bridgehead atoms.